The van der Waals surface area contributed by atoms with Crippen molar-refractivity contribution in [3.8, 4) is 11.5 Å². The van der Waals surface area contributed by atoms with E-state index >= 15 is 0 Å². The average molecular weight is 423 g/mol. The maximum atomic E-state index is 13.3. The van der Waals surface area contributed by atoms with Crippen molar-refractivity contribution in [3.05, 3.63) is 58.1 Å². The van der Waals surface area contributed by atoms with Gasteiger partial charge in [-0.15, -0.1) is 0 Å². The zero-order valence-electron chi connectivity index (χ0n) is 19.7. The van der Waals surface area contributed by atoms with Crippen LogP contribution in [0.25, 0.3) is 0 Å². The van der Waals surface area contributed by atoms with Gasteiger partial charge in [-0.1, -0.05) is 41.5 Å². The van der Waals surface area contributed by atoms with Crippen LogP contribution in [0.5, 0.6) is 11.5 Å². The first-order chi connectivity index (χ1) is 14.3. The number of phenols is 1. The van der Waals surface area contributed by atoms with E-state index in [1.54, 1.807) is 4.90 Å². The number of Topliss-reactive ketones (excluding diaryl/α,β-unsaturated/α-hetero) is 1. The average Bonchev–Trinajstić information content (AvgIpc) is 2.95. The molecule has 0 saturated carbocycles. The Kier molecular flexibility index (Phi) is 5.92. The minimum absolute atomic E-state index is 0.0569. The number of hydrogen-bond acceptors (Lipinski definition) is 4. The van der Waals surface area contributed by atoms with E-state index in [2.05, 4.69) is 0 Å². The molecule has 0 unspecified atom stereocenters. The molecule has 3 rings (SSSR count). The molecule has 0 atom stereocenters. The summed E-state index contributed by atoms with van der Waals surface area (Å²) < 4.78 is 5.57. The van der Waals surface area contributed by atoms with Gasteiger partial charge in [0.25, 0.3) is 0 Å². The topological polar surface area (TPSA) is 73.6 Å². The highest BCUT2D eigenvalue weighted by molar-refractivity contribution is 6.05. The maximum absolute atomic E-state index is 13.3. The van der Waals surface area contributed by atoms with Gasteiger partial charge in [-0.05, 0) is 53.6 Å². The van der Waals surface area contributed by atoms with Crippen molar-refractivity contribution < 1.29 is 14.6 Å². The number of nitrogens with one attached hydrogen (secondary N) is 1. The second-order valence-corrected chi connectivity index (χ2v) is 10.3. The molecule has 0 saturated heterocycles. The number of fused-ring (bicyclic) bond motifs is 1. The van der Waals surface area contributed by atoms with Crippen LogP contribution in [-0.2, 0) is 17.4 Å². The lowest BCUT2D eigenvalue weighted by atomic mass is 9.78. The summed E-state index contributed by atoms with van der Waals surface area (Å²) in [6.07, 6.45) is 0. The van der Waals surface area contributed by atoms with Gasteiger partial charge in [0.2, 0.25) is 0 Å². The van der Waals surface area contributed by atoms with Crippen molar-refractivity contribution in [2.75, 3.05) is 13.2 Å². The van der Waals surface area contributed by atoms with E-state index < -0.39 is 0 Å². The minimum atomic E-state index is -0.299. The zero-order chi connectivity index (χ0) is 23.1. The van der Waals surface area contributed by atoms with E-state index in [0.717, 1.165) is 28.0 Å². The minimum Gasteiger partial charge on any atom is -0.507 e. The molecule has 1 aliphatic rings. The van der Waals surface area contributed by atoms with Gasteiger partial charge in [-0.2, -0.15) is 0 Å². The van der Waals surface area contributed by atoms with Crippen molar-refractivity contribution in [3.63, 3.8) is 0 Å². The SMILES string of the molecule is CCOc1ccc2c(c1)CN(CC(=O)c1cc(C(C)(C)C)c(O)c(C(C)(C)C)c1)C2=N. The number of aromatic hydroxyl groups is 1. The molecule has 0 radical (unpaired) electrons. The third-order valence-electron chi connectivity index (χ3n) is 5.70. The molecular formula is C26H34N2O3. The first-order valence-corrected chi connectivity index (χ1v) is 10.8. The van der Waals surface area contributed by atoms with Crippen LogP contribution >= 0.6 is 0 Å². The Balaban J connectivity index is 1.91. The Hall–Kier alpha value is -2.82. The van der Waals surface area contributed by atoms with Gasteiger partial charge in [0.15, 0.2) is 5.78 Å². The second-order valence-electron chi connectivity index (χ2n) is 10.3. The molecule has 0 aliphatic carbocycles. The van der Waals surface area contributed by atoms with Crippen molar-refractivity contribution in [1.29, 1.82) is 5.41 Å². The molecule has 2 aromatic carbocycles. The van der Waals surface area contributed by atoms with Crippen LogP contribution in [-0.4, -0.2) is 34.8 Å². The molecular weight excluding hydrogens is 388 g/mol. The Morgan fingerprint density at radius 1 is 1.06 bits per heavy atom. The highest BCUT2D eigenvalue weighted by Gasteiger charge is 2.30. The molecule has 0 amide bonds. The predicted octanol–water partition coefficient (Wildman–Crippen LogP) is 5.41. The summed E-state index contributed by atoms with van der Waals surface area (Å²) >= 11 is 0. The summed E-state index contributed by atoms with van der Waals surface area (Å²) in [6.45, 7) is 15.4. The van der Waals surface area contributed by atoms with Crippen LogP contribution in [0.15, 0.2) is 30.3 Å². The van der Waals surface area contributed by atoms with E-state index in [1.165, 1.54) is 0 Å². The number of phenolic OH excluding ortho intramolecular Hbond substituents is 1. The fourth-order valence-electron chi connectivity index (χ4n) is 3.98. The van der Waals surface area contributed by atoms with Gasteiger partial charge >= 0.3 is 0 Å². The van der Waals surface area contributed by atoms with Gasteiger partial charge in [0.05, 0.1) is 13.2 Å². The summed E-state index contributed by atoms with van der Waals surface area (Å²) in [5.41, 5.74) is 3.35. The summed E-state index contributed by atoms with van der Waals surface area (Å²) in [7, 11) is 0. The fraction of sp³-hybridized carbons (Fsp3) is 0.462. The summed E-state index contributed by atoms with van der Waals surface area (Å²) in [6, 6.07) is 9.34. The summed E-state index contributed by atoms with van der Waals surface area (Å²) in [5, 5.41) is 19.4. The van der Waals surface area contributed by atoms with Crippen molar-refractivity contribution >= 4 is 11.6 Å². The third kappa shape index (κ3) is 4.60. The first-order valence-electron chi connectivity index (χ1n) is 10.8. The molecule has 0 bridgehead atoms. The lowest BCUT2D eigenvalue weighted by molar-refractivity contribution is 0.0962. The Bertz CT molecular complexity index is 991. The van der Waals surface area contributed by atoms with Gasteiger partial charge < -0.3 is 14.7 Å². The van der Waals surface area contributed by atoms with E-state index in [0.29, 0.717) is 24.6 Å². The Morgan fingerprint density at radius 3 is 2.16 bits per heavy atom. The molecule has 1 aliphatic heterocycles. The molecule has 0 fully saturated rings. The highest BCUT2D eigenvalue weighted by Crippen LogP contribution is 2.40. The van der Waals surface area contributed by atoms with Gasteiger partial charge in [-0.3, -0.25) is 10.2 Å². The molecule has 5 nitrogen and oxygen atoms in total. The van der Waals surface area contributed by atoms with Crippen LogP contribution in [0.4, 0.5) is 0 Å². The van der Waals surface area contributed by atoms with Crippen LogP contribution in [0, 0.1) is 5.41 Å². The van der Waals surface area contributed by atoms with E-state index in [4.69, 9.17) is 10.1 Å². The number of ketones is 1. The lowest BCUT2D eigenvalue weighted by Crippen LogP contribution is -2.30. The van der Waals surface area contributed by atoms with Crippen LogP contribution in [0.3, 0.4) is 0 Å². The molecule has 0 spiro atoms. The van der Waals surface area contributed by atoms with Gasteiger partial charge in [0, 0.05) is 28.8 Å². The molecule has 5 heteroatoms. The van der Waals surface area contributed by atoms with Crippen LogP contribution in [0.2, 0.25) is 0 Å². The van der Waals surface area contributed by atoms with E-state index in [-0.39, 0.29) is 28.9 Å². The predicted molar refractivity (Wildman–Crippen MR) is 125 cm³/mol. The number of carbonyl (C=O) groups excluding carboxylic acids is 1. The van der Waals surface area contributed by atoms with Crippen molar-refractivity contribution in [2.24, 2.45) is 0 Å². The molecule has 1 heterocycles. The zero-order valence-corrected chi connectivity index (χ0v) is 19.7. The standard InChI is InChI=1S/C26H34N2O3/c1-8-31-18-9-10-19-17(11-18)14-28(24(19)27)15-22(29)16-12-20(25(2,3)4)23(30)21(13-16)26(5,6)7/h9-13,27,30H,8,14-15H2,1-7H3. The monoisotopic (exact) mass is 422 g/mol. The van der Waals surface area contributed by atoms with E-state index in [1.807, 2.05) is 78.8 Å². The number of amidine groups is 1. The molecule has 2 N–H and O–H groups in total. The summed E-state index contributed by atoms with van der Waals surface area (Å²) in [4.78, 5) is 15.1. The smallest absolute Gasteiger partial charge is 0.182 e. The lowest BCUT2D eigenvalue weighted by Gasteiger charge is -2.28. The Morgan fingerprint density at radius 2 is 1.65 bits per heavy atom. The Labute approximate surface area is 185 Å². The molecule has 166 valence electrons. The number of ether oxygens (including phenoxy) is 1. The number of hydrogen-bond donors (Lipinski definition) is 2. The van der Waals surface area contributed by atoms with Crippen molar-refractivity contribution in [1.82, 2.24) is 4.90 Å². The highest BCUT2D eigenvalue weighted by atomic mass is 16.5. The third-order valence-corrected chi connectivity index (χ3v) is 5.70. The number of carbonyl (C=O) groups is 1. The molecule has 31 heavy (non-hydrogen) atoms. The normalized spacial score (nSPS) is 14.0. The van der Waals surface area contributed by atoms with Gasteiger partial charge in [0.1, 0.15) is 17.3 Å². The van der Waals surface area contributed by atoms with Gasteiger partial charge in [-0.25, -0.2) is 0 Å². The maximum Gasteiger partial charge on any atom is 0.182 e. The van der Waals surface area contributed by atoms with E-state index in [9.17, 15) is 9.90 Å². The summed E-state index contributed by atoms with van der Waals surface area (Å²) in [5.74, 6) is 1.35. The number of benzene rings is 2. The number of nitrogens with zero attached hydrogens (tertiary/aromatic N) is 1. The largest absolute Gasteiger partial charge is 0.507 e. The van der Waals surface area contributed by atoms with Crippen molar-refractivity contribution in [2.45, 2.75) is 65.8 Å². The molecule has 2 aromatic rings. The fourth-order valence-corrected chi connectivity index (χ4v) is 3.98. The first kappa shape index (κ1) is 22.9. The quantitative estimate of drug-likeness (QED) is 0.632. The van der Waals surface area contributed by atoms with Crippen LogP contribution < -0.4 is 4.74 Å². The number of rotatable bonds is 5. The molecule has 0 aromatic heterocycles. The van der Waals surface area contributed by atoms with Crippen LogP contribution in [0.1, 0.15) is 81.1 Å². The second kappa shape index (κ2) is 8.03.